The molecule has 36 heavy (non-hydrogen) atoms. The van der Waals surface area contributed by atoms with Crippen molar-refractivity contribution < 1.29 is 14.3 Å². The van der Waals surface area contributed by atoms with Gasteiger partial charge in [0.15, 0.2) is 0 Å². The Hall–Kier alpha value is -3.42. The Kier molecular flexibility index (Phi) is 8.23. The minimum Gasteiger partial charge on any atom is -0.477 e. The number of benzene rings is 2. The molecule has 0 aliphatic carbocycles. The zero-order valence-corrected chi connectivity index (χ0v) is 21.2. The standard InChI is InChI=1S/C27H26Cl2N4O3/c1-17(30)32-26(34)19-2-4-20(5-3-19)27(35)33-13-12-21(16-36-25-11-10-23(29)14-31-25)24(15-33)18-6-8-22(28)9-7-18/h2-11,14,21,24H,12-13,15-16H2,1H3,(H2,30,32,34). The van der Waals surface area contributed by atoms with E-state index in [9.17, 15) is 9.59 Å². The van der Waals surface area contributed by atoms with Crippen LogP contribution in [-0.2, 0) is 0 Å². The lowest BCUT2D eigenvalue weighted by molar-refractivity contribution is 0.0614. The number of amides is 2. The molecule has 9 heteroatoms. The second kappa shape index (κ2) is 11.5. The van der Waals surface area contributed by atoms with Gasteiger partial charge in [-0.05, 0) is 61.4 Å². The van der Waals surface area contributed by atoms with Gasteiger partial charge in [-0.15, -0.1) is 0 Å². The lowest BCUT2D eigenvalue weighted by Gasteiger charge is -2.39. The highest BCUT2D eigenvalue weighted by molar-refractivity contribution is 6.30. The molecule has 2 N–H and O–H groups in total. The lowest BCUT2D eigenvalue weighted by Crippen LogP contribution is -2.44. The Morgan fingerprint density at radius 1 is 1.03 bits per heavy atom. The number of aliphatic imine (C=N–C) groups is 1. The summed E-state index contributed by atoms with van der Waals surface area (Å²) in [6.45, 7) is 3.12. The van der Waals surface area contributed by atoms with Gasteiger partial charge < -0.3 is 15.4 Å². The number of hydrogen-bond donors (Lipinski definition) is 1. The van der Waals surface area contributed by atoms with Crippen molar-refractivity contribution in [1.82, 2.24) is 9.88 Å². The van der Waals surface area contributed by atoms with E-state index < -0.39 is 5.91 Å². The zero-order chi connectivity index (χ0) is 25.7. The Balaban J connectivity index is 1.49. The van der Waals surface area contributed by atoms with Crippen LogP contribution in [-0.4, -0.2) is 47.2 Å². The summed E-state index contributed by atoms with van der Waals surface area (Å²) in [7, 11) is 0. The summed E-state index contributed by atoms with van der Waals surface area (Å²) in [6.07, 6.45) is 2.31. The normalized spacial score (nSPS) is 18.1. The summed E-state index contributed by atoms with van der Waals surface area (Å²) >= 11 is 12.0. The monoisotopic (exact) mass is 524 g/mol. The third-order valence-corrected chi connectivity index (χ3v) is 6.62. The van der Waals surface area contributed by atoms with Gasteiger partial charge in [-0.1, -0.05) is 35.3 Å². The number of nitrogens with two attached hydrogens (primary N) is 1. The SMILES string of the molecule is CC(N)=NC(=O)c1ccc(C(=O)N2CCC(COc3ccc(Cl)cn3)C(c3ccc(Cl)cc3)C2)cc1. The lowest BCUT2D eigenvalue weighted by atomic mass is 9.81. The molecule has 1 aromatic heterocycles. The molecule has 3 aromatic rings. The van der Waals surface area contributed by atoms with Gasteiger partial charge in [-0.3, -0.25) is 9.59 Å². The van der Waals surface area contributed by atoms with Gasteiger partial charge in [0.1, 0.15) is 5.84 Å². The molecule has 2 atom stereocenters. The first kappa shape index (κ1) is 25.7. The Morgan fingerprint density at radius 2 is 1.69 bits per heavy atom. The number of carbonyl (C=O) groups excluding carboxylic acids is 2. The first-order chi connectivity index (χ1) is 17.3. The van der Waals surface area contributed by atoms with Crippen LogP contribution in [0.4, 0.5) is 0 Å². The molecular weight excluding hydrogens is 499 g/mol. The van der Waals surface area contributed by atoms with Crippen molar-refractivity contribution in [2.24, 2.45) is 16.6 Å². The van der Waals surface area contributed by atoms with Crippen molar-refractivity contribution in [1.29, 1.82) is 0 Å². The molecule has 1 saturated heterocycles. The number of nitrogens with zero attached hydrogens (tertiary/aromatic N) is 3. The van der Waals surface area contributed by atoms with E-state index in [1.807, 2.05) is 29.2 Å². The molecule has 2 unspecified atom stereocenters. The predicted octanol–water partition coefficient (Wildman–Crippen LogP) is 5.23. The molecule has 0 radical (unpaired) electrons. The van der Waals surface area contributed by atoms with Gasteiger partial charge in [-0.25, -0.2) is 4.98 Å². The van der Waals surface area contributed by atoms with Crippen molar-refractivity contribution in [2.45, 2.75) is 19.3 Å². The zero-order valence-electron chi connectivity index (χ0n) is 19.7. The number of halogens is 2. The van der Waals surface area contributed by atoms with Crippen LogP contribution in [0.1, 0.15) is 45.5 Å². The van der Waals surface area contributed by atoms with Crippen LogP contribution in [0, 0.1) is 5.92 Å². The number of pyridine rings is 1. The maximum absolute atomic E-state index is 13.3. The molecule has 2 aromatic carbocycles. The summed E-state index contributed by atoms with van der Waals surface area (Å²) in [5.74, 6) is 0.390. The van der Waals surface area contributed by atoms with E-state index in [0.29, 0.717) is 46.7 Å². The number of likely N-dealkylation sites (tertiary alicyclic amines) is 1. The van der Waals surface area contributed by atoms with Gasteiger partial charge in [0.25, 0.3) is 11.8 Å². The summed E-state index contributed by atoms with van der Waals surface area (Å²) in [5, 5.41) is 1.21. The Morgan fingerprint density at radius 3 is 2.33 bits per heavy atom. The highest BCUT2D eigenvalue weighted by Crippen LogP contribution is 2.34. The van der Waals surface area contributed by atoms with E-state index >= 15 is 0 Å². The van der Waals surface area contributed by atoms with E-state index in [2.05, 4.69) is 9.98 Å². The van der Waals surface area contributed by atoms with Gasteiger partial charge in [0, 0.05) is 53.3 Å². The van der Waals surface area contributed by atoms with Gasteiger partial charge in [0.05, 0.1) is 11.6 Å². The maximum atomic E-state index is 13.3. The Bertz CT molecular complexity index is 1240. The quantitative estimate of drug-likeness (QED) is 0.351. The minimum atomic E-state index is -0.437. The molecule has 1 aliphatic heterocycles. The molecule has 1 aliphatic rings. The minimum absolute atomic E-state index is 0.0509. The fourth-order valence-electron chi connectivity index (χ4n) is 4.27. The third-order valence-electron chi connectivity index (χ3n) is 6.14. The molecule has 0 spiro atoms. The van der Waals surface area contributed by atoms with Crippen molar-refractivity contribution in [3.8, 4) is 5.88 Å². The fraction of sp³-hybridized carbons (Fsp3) is 0.259. The number of ether oxygens (including phenoxy) is 1. The molecule has 0 saturated carbocycles. The van der Waals surface area contributed by atoms with Crippen LogP contribution in [0.15, 0.2) is 71.9 Å². The van der Waals surface area contributed by atoms with Crippen molar-refractivity contribution in [3.05, 3.63) is 93.6 Å². The number of amidine groups is 1. The van der Waals surface area contributed by atoms with Gasteiger partial charge in [0.2, 0.25) is 5.88 Å². The third kappa shape index (κ3) is 6.42. The first-order valence-corrected chi connectivity index (χ1v) is 12.3. The second-order valence-corrected chi connectivity index (χ2v) is 9.59. The van der Waals surface area contributed by atoms with Crippen LogP contribution in [0.3, 0.4) is 0 Å². The van der Waals surface area contributed by atoms with E-state index in [4.69, 9.17) is 33.7 Å². The van der Waals surface area contributed by atoms with Gasteiger partial charge >= 0.3 is 0 Å². The average molecular weight is 525 g/mol. The smallest absolute Gasteiger partial charge is 0.278 e. The van der Waals surface area contributed by atoms with Gasteiger partial charge in [-0.2, -0.15) is 4.99 Å². The highest BCUT2D eigenvalue weighted by Gasteiger charge is 2.33. The molecule has 4 rings (SSSR count). The van der Waals surface area contributed by atoms with Crippen LogP contribution in [0.5, 0.6) is 5.88 Å². The number of piperidine rings is 1. The van der Waals surface area contributed by atoms with Crippen LogP contribution in [0.2, 0.25) is 10.0 Å². The molecule has 2 amide bonds. The average Bonchev–Trinajstić information content (AvgIpc) is 2.88. The topological polar surface area (TPSA) is 97.9 Å². The van der Waals surface area contributed by atoms with E-state index in [-0.39, 0.29) is 23.6 Å². The summed E-state index contributed by atoms with van der Waals surface area (Å²) < 4.78 is 5.97. The molecule has 1 fully saturated rings. The predicted molar refractivity (Wildman–Crippen MR) is 141 cm³/mol. The van der Waals surface area contributed by atoms with E-state index in [1.165, 1.54) is 0 Å². The molecule has 7 nitrogen and oxygen atoms in total. The largest absolute Gasteiger partial charge is 0.477 e. The van der Waals surface area contributed by atoms with E-state index in [0.717, 1.165) is 12.0 Å². The summed E-state index contributed by atoms with van der Waals surface area (Å²) in [6, 6.07) is 17.7. The molecule has 0 bridgehead atoms. The highest BCUT2D eigenvalue weighted by atomic mass is 35.5. The second-order valence-electron chi connectivity index (χ2n) is 8.72. The number of rotatable bonds is 6. The fourth-order valence-corrected chi connectivity index (χ4v) is 4.51. The van der Waals surface area contributed by atoms with Crippen molar-refractivity contribution >= 4 is 40.9 Å². The molecular formula is C27H26Cl2N4O3. The number of hydrogen-bond acceptors (Lipinski definition) is 4. The van der Waals surface area contributed by atoms with Crippen LogP contribution < -0.4 is 10.5 Å². The van der Waals surface area contributed by atoms with Crippen molar-refractivity contribution in [3.63, 3.8) is 0 Å². The summed E-state index contributed by atoms with van der Waals surface area (Å²) in [4.78, 5) is 35.2. The number of aromatic nitrogens is 1. The Labute approximate surface area is 219 Å². The summed E-state index contributed by atoms with van der Waals surface area (Å²) in [5.41, 5.74) is 7.47. The van der Waals surface area contributed by atoms with E-state index in [1.54, 1.807) is 49.5 Å². The maximum Gasteiger partial charge on any atom is 0.278 e. The number of carbonyl (C=O) groups is 2. The first-order valence-electron chi connectivity index (χ1n) is 11.5. The van der Waals surface area contributed by atoms with Crippen LogP contribution in [0.25, 0.3) is 0 Å². The molecule has 186 valence electrons. The van der Waals surface area contributed by atoms with Crippen LogP contribution >= 0.6 is 23.2 Å². The van der Waals surface area contributed by atoms with Crippen molar-refractivity contribution in [2.75, 3.05) is 19.7 Å². The molecule has 2 heterocycles.